The third-order valence-electron chi connectivity index (χ3n) is 5.18. The summed E-state index contributed by atoms with van der Waals surface area (Å²) in [5.41, 5.74) is 0.408. The molecule has 1 amide bonds. The van der Waals surface area contributed by atoms with Gasteiger partial charge in [0.1, 0.15) is 6.07 Å². The highest BCUT2D eigenvalue weighted by atomic mass is 32.2. The number of hydrogen-bond acceptors (Lipinski definition) is 8. The third-order valence-corrected chi connectivity index (χ3v) is 7.89. The van der Waals surface area contributed by atoms with Crippen molar-refractivity contribution in [3.63, 3.8) is 0 Å². The molecule has 0 aromatic carbocycles. The lowest BCUT2D eigenvalue weighted by Crippen LogP contribution is -2.35. The van der Waals surface area contributed by atoms with Gasteiger partial charge in [-0.05, 0) is 38.8 Å². The highest BCUT2D eigenvalue weighted by Crippen LogP contribution is 2.33. The summed E-state index contributed by atoms with van der Waals surface area (Å²) in [4.78, 5) is 25.1. The predicted molar refractivity (Wildman–Crippen MR) is 121 cm³/mol. The third kappa shape index (κ3) is 4.84. The molecule has 0 unspecified atom stereocenters. The van der Waals surface area contributed by atoms with Crippen molar-refractivity contribution in [2.24, 2.45) is 0 Å². The second-order valence-corrected chi connectivity index (χ2v) is 10.9. The average molecular weight is 487 g/mol. The molecule has 1 aliphatic rings. The molecule has 4 rings (SSSR count). The zero-order valence-electron chi connectivity index (χ0n) is 17.7. The van der Waals surface area contributed by atoms with E-state index < -0.39 is 32.4 Å². The molecular weight excluding hydrogens is 467 g/mol. The number of anilines is 2. The number of nitrogens with zero attached hydrogens (tertiary/aromatic N) is 4. The van der Waals surface area contributed by atoms with Gasteiger partial charge < -0.3 is 5.32 Å². The van der Waals surface area contributed by atoms with E-state index in [1.54, 1.807) is 25.3 Å². The first kappa shape index (κ1) is 22.8. The van der Waals surface area contributed by atoms with Crippen LogP contribution in [0, 0.1) is 17.1 Å². The van der Waals surface area contributed by atoms with Crippen LogP contribution in [0.3, 0.4) is 0 Å². The van der Waals surface area contributed by atoms with Crippen molar-refractivity contribution in [1.82, 2.24) is 15.0 Å². The van der Waals surface area contributed by atoms with Crippen molar-refractivity contribution in [1.29, 1.82) is 5.26 Å². The summed E-state index contributed by atoms with van der Waals surface area (Å²) in [6.07, 6.45) is 5.50. The molecular formula is C21H19FN6O3S2. The van der Waals surface area contributed by atoms with Gasteiger partial charge in [0.25, 0.3) is 0 Å². The molecule has 0 aliphatic heterocycles. The summed E-state index contributed by atoms with van der Waals surface area (Å²) >= 11 is 1.08. The Morgan fingerprint density at radius 3 is 2.64 bits per heavy atom. The second-order valence-electron chi connectivity index (χ2n) is 8.09. The fourth-order valence-corrected chi connectivity index (χ4v) is 5.39. The lowest BCUT2D eigenvalue weighted by atomic mass is 9.89. The highest BCUT2D eigenvalue weighted by molar-refractivity contribution is 7.93. The lowest BCUT2D eigenvalue weighted by molar-refractivity contribution is -0.120. The van der Waals surface area contributed by atoms with E-state index in [2.05, 4.69) is 25.0 Å². The van der Waals surface area contributed by atoms with Crippen molar-refractivity contribution in [3.8, 4) is 17.2 Å². The summed E-state index contributed by atoms with van der Waals surface area (Å²) in [5, 5.41) is 12.8. The number of nitrogens with one attached hydrogen (secondary N) is 2. The van der Waals surface area contributed by atoms with Crippen LogP contribution in [0.5, 0.6) is 0 Å². The van der Waals surface area contributed by atoms with Gasteiger partial charge in [-0.15, -0.1) is 11.3 Å². The monoisotopic (exact) mass is 486 g/mol. The number of pyridine rings is 2. The summed E-state index contributed by atoms with van der Waals surface area (Å²) in [6.45, 7) is 3.20. The van der Waals surface area contributed by atoms with Gasteiger partial charge >= 0.3 is 0 Å². The molecule has 0 bridgehead atoms. The minimum Gasteiger partial charge on any atom is -0.307 e. The van der Waals surface area contributed by atoms with Gasteiger partial charge in [-0.25, -0.2) is 22.8 Å². The second kappa shape index (κ2) is 8.49. The number of sulfonamides is 1. The number of hydrogen-bond donors (Lipinski definition) is 2. The fourth-order valence-electron chi connectivity index (χ4n) is 2.92. The topological polar surface area (TPSA) is 138 Å². The molecule has 170 valence electrons. The Balaban J connectivity index is 1.49. The number of amides is 1. The van der Waals surface area contributed by atoms with Gasteiger partial charge in [0.2, 0.25) is 15.9 Å². The number of carbonyl (C=O) groups is 1. The van der Waals surface area contributed by atoms with Crippen LogP contribution in [0.15, 0.2) is 36.1 Å². The molecule has 1 fully saturated rings. The Morgan fingerprint density at radius 2 is 1.97 bits per heavy atom. The van der Waals surface area contributed by atoms with Crippen LogP contribution in [-0.2, 0) is 20.2 Å². The molecule has 12 heteroatoms. The van der Waals surface area contributed by atoms with Crippen LogP contribution in [0.4, 0.5) is 15.3 Å². The Kier molecular flexibility index (Phi) is 5.85. The quantitative estimate of drug-likeness (QED) is 0.522. The number of nitriles is 1. The largest absolute Gasteiger partial charge is 0.307 e. The van der Waals surface area contributed by atoms with Gasteiger partial charge in [-0.1, -0.05) is 0 Å². The standard InChI is InChI=1S/C21H19FN6O3S2/c1-21(2,17-11-32-20(26-17)28-33(30,31)15-3-4-15)19(29)27-18-16(22)6-14(10-25-18)13-5-12(7-23)8-24-9-13/h5-6,8-11,15H,3-4H2,1-2H3,(H,26,28)(H,25,27,29). The van der Waals surface area contributed by atoms with Gasteiger partial charge in [-0.2, -0.15) is 5.26 Å². The number of thiazole rings is 1. The lowest BCUT2D eigenvalue weighted by Gasteiger charge is -2.21. The highest BCUT2D eigenvalue weighted by Gasteiger charge is 2.37. The number of rotatable bonds is 7. The van der Waals surface area contributed by atoms with E-state index in [-0.39, 0.29) is 10.9 Å². The van der Waals surface area contributed by atoms with Crippen LogP contribution < -0.4 is 10.0 Å². The van der Waals surface area contributed by atoms with E-state index in [0.29, 0.717) is 35.2 Å². The van der Waals surface area contributed by atoms with Crippen molar-refractivity contribution < 1.29 is 17.6 Å². The van der Waals surface area contributed by atoms with Crippen molar-refractivity contribution in [2.75, 3.05) is 10.0 Å². The molecule has 0 spiro atoms. The fraction of sp³-hybridized carbons (Fsp3) is 0.286. The van der Waals surface area contributed by atoms with Gasteiger partial charge in [0.15, 0.2) is 16.8 Å². The van der Waals surface area contributed by atoms with Crippen molar-refractivity contribution >= 4 is 38.2 Å². The van der Waals surface area contributed by atoms with E-state index in [4.69, 9.17) is 5.26 Å². The Bertz CT molecular complexity index is 1380. The van der Waals surface area contributed by atoms with Crippen LogP contribution in [0.2, 0.25) is 0 Å². The van der Waals surface area contributed by atoms with E-state index in [9.17, 15) is 17.6 Å². The SMILES string of the molecule is CC(C)(C(=O)Nc1ncc(-c2cncc(C#N)c2)cc1F)c1csc(NS(=O)(=O)C2CC2)n1. The molecule has 0 radical (unpaired) electrons. The number of halogens is 1. The predicted octanol–water partition coefficient (Wildman–Crippen LogP) is 3.43. The molecule has 0 saturated heterocycles. The van der Waals surface area contributed by atoms with Gasteiger partial charge in [0.05, 0.1) is 21.9 Å². The molecule has 3 heterocycles. The van der Waals surface area contributed by atoms with Crippen LogP contribution in [0.25, 0.3) is 11.1 Å². The normalized spacial score (nSPS) is 13.9. The van der Waals surface area contributed by atoms with Gasteiger partial charge in [-0.3, -0.25) is 14.5 Å². The molecule has 1 saturated carbocycles. The average Bonchev–Trinajstić information content (AvgIpc) is 3.55. The summed E-state index contributed by atoms with van der Waals surface area (Å²) < 4.78 is 41.4. The van der Waals surface area contributed by atoms with Crippen LogP contribution in [-0.4, -0.2) is 34.5 Å². The molecule has 2 N–H and O–H groups in total. The zero-order chi connectivity index (χ0) is 23.8. The molecule has 3 aromatic heterocycles. The Hall–Kier alpha value is -3.43. The maximum absolute atomic E-state index is 14.7. The van der Waals surface area contributed by atoms with Crippen LogP contribution >= 0.6 is 11.3 Å². The van der Waals surface area contributed by atoms with Crippen LogP contribution in [0.1, 0.15) is 37.9 Å². The summed E-state index contributed by atoms with van der Waals surface area (Å²) in [5.74, 6) is -1.57. The van der Waals surface area contributed by atoms with E-state index >= 15 is 0 Å². The van der Waals surface area contributed by atoms with Gasteiger partial charge in [0, 0.05) is 35.1 Å². The maximum atomic E-state index is 14.7. The number of aromatic nitrogens is 3. The Labute approximate surface area is 193 Å². The van der Waals surface area contributed by atoms with Crippen molar-refractivity contribution in [3.05, 3.63) is 53.2 Å². The first-order chi connectivity index (χ1) is 15.6. The Morgan fingerprint density at radius 1 is 1.24 bits per heavy atom. The molecule has 3 aromatic rings. The first-order valence-electron chi connectivity index (χ1n) is 9.90. The first-order valence-corrected chi connectivity index (χ1v) is 12.3. The maximum Gasteiger partial charge on any atom is 0.237 e. The van der Waals surface area contributed by atoms with Crippen molar-refractivity contribution in [2.45, 2.75) is 37.4 Å². The molecule has 9 nitrogen and oxygen atoms in total. The smallest absolute Gasteiger partial charge is 0.237 e. The van der Waals surface area contributed by atoms with E-state index in [1.807, 2.05) is 6.07 Å². The number of carbonyl (C=O) groups excluding carboxylic acids is 1. The minimum absolute atomic E-state index is 0.180. The molecule has 1 aliphatic carbocycles. The molecule has 33 heavy (non-hydrogen) atoms. The minimum atomic E-state index is -3.46. The summed E-state index contributed by atoms with van der Waals surface area (Å²) in [6, 6.07) is 4.72. The molecule has 0 atom stereocenters. The van der Waals surface area contributed by atoms with E-state index in [0.717, 1.165) is 11.3 Å². The zero-order valence-corrected chi connectivity index (χ0v) is 19.3. The summed E-state index contributed by atoms with van der Waals surface area (Å²) in [7, 11) is -3.46. The van der Waals surface area contributed by atoms with E-state index in [1.165, 1.54) is 24.7 Å².